The lowest BCUT2D eigenvalue weighted by molar-refractivity contribution is 0.287. The molecule has 4 nitrogen and oxygen atoms in total. The molecule has 0 aromatic heterocycles. The molecular weight excluding hydrogens is 240 g/mol. The topological polar surface area (TPSA) is 56.5 Å². The first-order valence-corrected chi connectivity index (χ1v) is 6.55. The van der Waals surface area contributed by atoms with Crippen molar-refractivity contribution >= 4 is 0 Å². The Bertz CT molecular complexity index is 427. The Morgan fingerprint density at radius 1 is 1.26 bits per heavy atom. The van der Waals surface area contributed by atoms with Crippen LogP contribution >= 0.6 is 0 Å². The zero-order chi connectivity index (χ0) is 14.1. The van der Waals surface area contributed by atoms with Gasteiger partial charge in [-0.2, -0.15) is 0 Å². The number of hydrogen-bond donors (Lipinski definition) is 2. The van der Waals surface area contributed by atoms with E-state index in [4.69, 9.17) is 21.7 Å². The van der Waals surface area contributed by atoms with Gasteiger partial charge in [-0.25, -0.2) is 0 Å². The van der Waals surface area contributed by atoms with Crippen molar-refractivity contribution in [2.45, 2.75) is 32.7 Å². The van der Waals surface area contributed by atoms with Crippen LogP contribution in [0.4, 0.5) is 0 Å². The number of nitrogens with two attached hydrogens (primary N) is 1. The highest BCUT2D eigenvalue weighted by molar-refractivity contribution is 5.44. The minimum atomic E-state index is 0.0194. The molecule has 0 fully saturated rings. The van der Waals surface area contributed by atoms with E-state index in [1.807, 2.05) is 32.0 Å². The molecule has 0 aliphatic rings. The molecular formula is C15H22N2O2. The van der Waals surface area contributed by atoms with Crippen molar-refractivity contribution in [3.8, 4) is 23.8 Å². The van der Waals surface area contributed by atoms with Gasteiger partial charge in [-0.3, -0.25) is 11.3 Å². The Morgan fingerprint density at radius 3 is 2.53 bits per heavy atom. The summed E-state index contributed by atoms with van der Waals surface area (Å²) in [7, 11) is 0. The number of hydrazine groups is 1. The first-order valence-electron chi connectivity index (χ1n) is 6.55. The number of ether oxygens (including phenoxy) is 2. The van der Waals surface area contributed by atoms with Gasteiger partial charge < -0.3 is 9.47 Å². The van der Waals surface area contributed by atoms with Gasteiger partial charge >= 0.3 is 0 Å². The first-order chi connectivity index (χ1) is 9.26. The summed E-state index contributed by atoms with van der Waals surface area (Å²) in [6.45, 7) is 5.09. The third-order valence-electron chi connectivity index (χ3n) is 2.75. The quantitative estimate of drug-likeness (QED) is 0.429. The van der Waals surface area contributed by atoms with Gasteiger partial charge in [0.25, 0.3) is 0 Å². The van der Waals surface area contributed by atoms with Gasteiger partial charge in [-0.1, -0.05) is 6.07 Å². The molecule has 19 heavy (non-hydrogen) atoms. The minimum absolute atomic E-state index is 0.0194. The Hall–Kier alpha value is -1.70. The van der Waals surface area contributed by atoms with Crippen LogP contribution in [-0.2, 0) is 0 Å². The van der Waals surface area contributed by atoms with Crippen LogP contribution in [-0.4, -0.2) is 13.2 Å². The summed E-state index contributed by atoms with van der Waals surface area (Å²) >= 11 is 0. The number of benzene rings is 1. The molecule has 1 unspecified atom stereocenters. The monoisotopic (exact) mass is 262 g/mol. The molecule has 0 aliphatic heterocycles. The third-order valence-corrected chi connectivity index (χ3v) is 2.75. The molecule has 104 valence electrons. The van der Waals surface area contributed by atoms with E-state index in [2.05, 4.69) is 11.3 Å². The molecule has 1 rings (SSSR count). The standard InChI is InChI=1S/C15H22N2O2/c1-4-7-8-13(17-16)12-9-10-14(18-5-2)15(11-12)19-6-3/h1,9-11,13,17H,5-8,16H2,2-3H3. The van der Waals surface area contributed by atoms with E-state index < -0.39 is 0 Å². The first kappa shape index (κ1) is 15.4. The lowest BCUT2D eigenvalue weighted by atomic mass is 10.0. The minimum Gasteiger partial charge on any atom is -0.490 e. The zero-order valence-electron chi connectivity index (χ0n) is 11.6. The summed E-state index contributed by atoms with van der Waals surface area (Å²) < 4.78 is 11.1. The van der Waals surface area contributed by atoms with Crippen LogP contribution in [0.3, 0.4) is 0 Å². The third kappa shape index (κ3) is 4.47. The van der Waals surface area contributed by atoms with E-state index in [1.165, 1.54) is 0 Å². The predicted molar refractivity (Wildman–Crippen MR) is 76.9 cm³/mol. The van der Waals surface area contributed by atoms with Crippen LogP contribution in [0.25, 0.3) is 0 Å². The van der Waals surface area contributed by atoms with E-state index >= 15 is 0 Å². The predicted octanol–water partition coefficient (Wildman–Crippen LogP) is 2.40. The summed E-state index contributed by atoms with van der Waals surface area (Å²) in [5.74, 6) is 9.69. The summed E-state index contributed by atoms with van der Waals surface area (Å²) in [5, 5.41) is 0. The molecule has 4 heteroatoms. The largest absolute Gasteiger partial charge is 0.490 e. The van der Waals surface area contributed by atoms with Gasteiger partial charge in [-0.05, 0) is 38.0 Å². The number of nitrogens with one attached hydrogen (secondary N) is 1. The fraction of sp³-hybridized carbons (Fsp3) is 0.467. The molecule has 1 aromatic carbocycles. The molecule has 1 aromatic rings. The lowest BCUT2D eigenvalue weighted by Gasteiger charge is -2.18. The van der Waals surface area contributed by atoms with E-state index in [-0.39, 0.29) is 6.04 Å². The highest BCUT2D eigenvalue weighted by atomic mass is 16.5. The van der Waals surface area contributed by atoms with Gasteiger partial charge in [0.15, 0.2) is 11.5 Å². The number of hydrogen-bond acceptors (Lipinski definition) is 4. The summed E-state index contributed by atoms with van der Waals surface area (Å²) in [6.07, 6.45) is 6.74. The maximum Gasteiger partial charge on any atom is 0.161 e. The smallest absolute Gasteiger partial charge is 0.161 e. The van der Waals surface area contributed by atoms with Crippen LogP contribution in [0.2, 0.25) is 0 Å². The van der Waals surface area contributed by atoms with Crippen molar-refractivity contribution in [2.24, 2.45) is 5.84 Å². The molecule has 0 radical (unpaired) electrons. The number of rotatable bonds is 8. The van der Waals surface area contributed by atoms with Crippen molar-refractivity contribution in [1.82, 2.24) is 5.43 Å². The fourth-order valence-electron chi connectivity index (χ4n) is 1.86. The van der Waals surface area contributed by atoms with E-state index in [1.54, 1.807) is 0 Å². The molecule has 0 amide bonds. The van der Waals surface area contributed by atoms with Crippen LogP contribution in [0.15, 0.2) is 18.2 Å². The average molecular weight is 262 g/mol. The number of terminal acetylenes is 1. The van der Waals surface area contributed by atoms with Gasteiger partial charge in [0.2, 0.25) is 0 Å². The van der Waals surface area contributed by atoms with Crippen molar-refractivity contribution in [3.63, 3.8) is 0 Å². The molecule has 1 atom stereocenters. The second kappa shape index (κ2) is 8.41. The molecule has 0 aliphatic carbocycles. The molecule has 0 saturated heterocycles. The van der Waals surface area contributed by atoms with Gasteiger partial charge in [-0.15, -0.1) is 12.3 Å². The summed E-state index contributed by atoms with van der Waals surface area (Å²) in [5.41, 5.74) is 3.83. The van der Waals surface area contributed by atoms with Gasteiger partial charge in [0.05, 0.1) is 13.2 Å². The average Bonchev–Trinajstić information content (AvgIpc) is 2.43. The molecule has 0 bridgehead atoms. The van der Waals surface area contributed by atoms with Crippen LogP contribution < -0.4 is 20.7 Å². The fourth-order valence-corrected chi connectivity index (χ4v) is 1.86. The lowest BCUT2D eigenvalue weighted by Crippen LogP contribution is -2.27. The van der Waals surface area contributed by atoms with E-state index in [0.29, 0.717) is 19.6 Å². The summed E-state index contributed by atoms with van der Waals surface area (Å²) in [6, 6.07) is 5.86. The maximum absolute atomic E-state index is 5.60. The molecule has 0 heterocycles. The van der Waals surface area contributed by atoms with Crippen LogP contribution in [0, 0.1) is 12.3 Å². The second-order valence-corrected chi connectivity index (χ2v) is 4.03. The Morgan fingerprint density at radius 2 is 1.95 bits per heavy atom. The van der Waals surface area contributed by atoms with E-state index in [0.717, 1.165) is 23.5 Å². The SMILES string of the molecule is C#CCCC(NN)c1ccc(OCC)c(OCC)c1. The van der Waals surface area contributed by atoms with Crippen molar-refractivity contribution in [3.05, 3.63) is 23.8 Å². The summed E-state index contributed by atoms with van der Waals surface area (Å²) in [4.78, 5) is 0. The van der Waals surface area contributed by atoms with Gasteiger partial charge in [0, 0.05) is 12.5 Å². The molecule has 3 N–H and O–H groups in total. The molecule has 0 spiro atoms. The van der Waals surface area contributed by atoms with Gasteiger partial charge in [0.1, 0.15) is 0 Å². The van der Waals surface area contributed by atoms with Crippen LogP contribution in [0.1, 0.15) is 38.3 Å². The molecule has 0 saturated carbocycles. The van der Waals surface area contributed by atoms with Crippen molar-refractivity contribution < 1.29 is 9.47 Å². The normalized spacial score (nSPS) is 11.7. The van der Waals surface area contributed by atoms with Crippen molar-refractivity contribution in [1.29, 1.82) is 0 Å². The van der Waals surface area contributed by atoms with E-state index in [9.17, 15) is 0 Å². The zero-order valence-corrected chi connectivity index (χ0v) is 11.6. The van der Waals surface area contributed by atoms with Crippen molar-refractivity contribution in [2.75, 3.05) is 13.2 Å². The Kier molecular flexibility index (Phi) is 6.80. The highest BCUT2D eigenvalue weighted by Gasteiger charge is 2.13. The Labute approximate surface area is 115 Å². The maximum atomic E-state index is 5.60. The highest BCUT2D eigenvalue weighted by Crippen LogP contribution is 2.31. The Balaban J connectivity index is 2.95. The van der Waals surface area contributed by atoms with Crippen LogP contribution in [0.5, 0.6) is 11.5 Å². The second-order valence-electron chi connectivity index (χ2n) is 4.03.